The minimum Gasteiger partial charge on any atom is -0.450 e. The van der Waals surface area contributed by atoms with E-state index >= 15 is 0 Å². The van der Waals surface area contributed by atoms with Gasteiger partial charge >= 0.3 is 5.97 Å². The predicted molar refractivity (Wildman–Crippen MR) is 88.6 cm³/mol. The number of hydrogen-bond acceptors (Lipinski definition) is 6. The van der Waals surface area contributed by atoms with E-state index in [-0.39, 0.29) is 19.6 Å². The SMILES string of the molecule is C=CC[C@]1(OCc2ccccc2)C(=O)C(=O)O[C@@H]1[C@@H]1COC(C)(C)O1. The highest BCUT2D eigenvalue weighted by atomic mass is 16.8. The maximum Gasteiger partial charge on any atom is 0.378 e. The fraction of sp³-hybridized carbons (Fsp3) is 0.474. The zero-order valence-electron chi connectivity index (χ0n) is 14.4. The third-order valence-corrected chi connectivity index (χ3v) is 4.42. The topological polar surface area (TPSA) is 71.1 Å². The van der Waals surface area contributed by atoms with Crippen molar-refractivity contribution in [2.45, 2.75) is 50.5 Å². The van der Waals surface area contributed by atoms with Crippen molar-refractivity contribution in [3.63, 3.8) is 0 Å². The van der Waals surface area contributed by atoms with Crippen LogP contribution in [0.25, 0.3) is 0 Å². The molecule has 6 nitrogen and oxygen atoms in total. The van der Waals surface area contributed by atoms with Crippen molar-refractivity contribution in [1.82, 2.24) is 0 Å². The molecule has 2 saturated heterocycles. The Labute approximate surface area is 146 Å². The molecule has 2 aliphatic heterocycles. The second kappa shape index (κ2) is 6.71. The van der Waals surface area contributed by atoms with Crippen LogP contribution in [0.15, 0.2) is 43.0 Å². The van der Waals surface area contributed by atoms with E-state index in [0.29, 0.717) is 0 Å². The molecular formula is C19H22O6. The van der Waals surface area contributed by atoms with Gasteiger partial charge in [-0.05, 0) is 19.4 Å². The van der Waals surface area contributed by atoms with Crippen LogP contribution in [0.2, 0.25) is 0 Å². The summed E-state index contributed by atoms with van der Waals surface area (Å²) in [7, 11) is 0. The van der Waals surface area contributed by atoms with Gasteiger partial charge in [0.15, 0.2) is 17.5 Å². The van der Waals surface area contributed by atoms with Crippen molar-refractivity contribution in [2.24, 2.45) is 0 Å². The van der Waals surface area contributed by atoms with Gasteiger partial charge in [-0.2, -0.15) is 0 Å². The first kappa shape index (κ1) is 17.8. The van der Waals surface area contributed by atoms with Crippen molar-refractivity contribution in [2.75, 3.05) is 6.61 Å². The molecule has 1 aromatic carbocycles. The Bertz CT molecular complexity index is 668. The van der Waals surface area contributed by atoms with Crippen LogP contribution in [0.4, 0.5) is 0 Å². The lowest BCUT2D eigenvalue weighted by Crippen LogP contribution is -2.52. The zero-order valence-corrected chi connectivity index (χ0v) is 14.4. The largest absolute Gasteiger partial charge is 0.450 e. The molecule has 2 aliphatic rings. The second-order valence-electron chi connectivity index (χ2n) is 6.68. The third kappa shape index (κ3) is 3.38. The van der Waals surface area contributed by atoms with Gasteiger partial charge in [0, 0.05) is 6.42 Å². The number of esters is 1. The lowest BCUT2D eigenvalue weighted by atomic mass is 9.87. The van der Waals surface area contributed by atoms with E-state index in [2.05, 4.69) is 6.58 Å². The second-order valence-corrected chi connectivity index (χ2v) is 6.68. The normalized spacial score (nSPS) is 31.1. The summed E-state index contributed by atoms with van der Waals surface area (Å²) in [4.78, 5) is 24.6. The van der Waals surface area contributed by atoms with Gasteiger partial charge in [-0.3, -0.25) is 4.79 Å². The summed E-state index contributed by atoms with van der Waals surface area (Å²) >= 11 is 0. The Balaban J connectivity index is 1.87. The van der Waals surface area contributed by atoms with E-state index in [9.17, 15) is 9.59 Å². The monoisotopic (exact) mass is 346 g/mol. The molecule has 1 aromatic rings. The lowest BCUT2D eigenvalue weighted by molar-refractivity contribution is -0.183. The van der Waals surface area contributed by atoms with Gasteiger partial charge in [0.1, 0.15) is 6.10 Å². The number of ether oxygens (including phenoxy) is 4. The summed E-state index contributed by atoms with van der Waals surface area (Å²) in [5, 5.41) is 0. The van der Waals surface area contributed by atoms with E-state index in [1.807, 2.05) is 30.3 Å². The summed E-state index contributed by atoms with van der Waals surface area (Å²) in [5.41, 5.74) is -0.566. The summed E-state index contributed by atoms with van der Waals surface area (Å²) in [6.07, 6.45) is 0.242. The molecule has 0 amide bonds. The smallest absolute Gasteiger partial charge is 0.378 e. The Morgan fingerprint density at radius 3 is 2.60 bits per heavy atom. The number of ketones is 1. The number of hydrogen-bond donors (Lipinski definition) is 0. The molecule has 134 valence electrons. The molecule has 3 atom stereocenters. The van der Waals surface area contributed by atoms with Crippen molar-refractivity contribution in [1.29, 1.82) is 0 Å². The van der Waals surface area contributed by atoms with Gasteiger partial charge in [0.05, 0.1) is 13.2 Å². The van der Waals surface area contributed by atoms with Crippen molar-refractivity contribution in [3.05, 3.63) is 48.6 Å². The Morgan fingerprint density at radius 2 is 2.00 bits per heavy atom. The summed E-state index contributed by atoms with van der Waals surface area (Å²) < 4.78 is 22.7. The van der Waals surface area contributed by atoms with Crippen molar-refractivity contribution >= 4 is 11.8 Å². The first-order valence-corrected chi connectivity index (χ1v) is 8.24. The molecule has 2 heterocycles. The summed E-state index contributed by atoms with van der Waals surface area (Å²) in [6.45, 7) is 7.63. The molecule has 0 aliphatic carbocycles. The minimum absolute atomic E-state index is 0.148. The maximum absolute atomic E-state index is 12.6. The van der Waals surface area contributed by atoms with E-state index in [1.165, 1.54) is 0 Å². The molecule has 0 radical (unpaired) electrons. The molecule has 2 fully saturated rings. The molecule has 3 rings (SSSR count). The van der Waals surface area contributed by atoms with E-state index in [1.54, 1.807) is 19.9 Å². The van der Waals surface area contributed by atoms with Crippen LogP contribution < -0.4 is 0 Å². The fourth-order valence-corrected chi connectivity index (χ4v) is 3.22. The molecule has 0 N–H and O–H groups in total. The Morgan fingerprint density at radius 1 is 1.28 bits per heavy atom. The van der Waals surface area contributed by atoms with Crippen molar-refractivity contribution < 1.29 is 28.5 Å². The quantitative estimate of drug-likeness (QED) is 0.447. The van der Waals surface area contributed by atoms with Crippen LogP contribution in [0.1, 0.15) is 25.8 Å². The minimum atomic E-state index is -1.46. The van der Waals surface area contributed by atoms with E-state index in [0.717, 1.165) is 5.56 Å². The highest BCUT2D eigenvalue weighted by Gasteiger charge is 2.62. The summed E-state index contributed by atoms with van der Waals surface area (Å²) in [5.74, 6) is -2.42. The average Bonchev–Trinajstić information content (AvgIpc) is 3.06. The molecule has 25 heavy (non-hydrogen) atoms. The van der Waals surface area contributed by atoms with E-state index in [4.69, 9.17) is 18.9 Å². The molecule has 0 bridgehead atoms. The highest BCUT2D eigenvalue weighted by molar-refractivity contribution is 6.39. The Hall–Kier alpha value is -2.02. The van der Waals surface area contributed by atoms with Crippen LogP contribution in [0, 0.1) is 0 Å². The molecule has 0 aromatic heterocycles. The number of rotatable bonds is 6. The molecular weight excluding hydrogens is 324 g/mol. The van der Waals surface area contributed by atoms with Crippen LogP contribution in [-0.2, 0) is 35.1 Å². The van der Waals surface area contributed by atoms with Gasteiger partial charge in [-0.25, -0.2) is 4.79 Å². The standard InChI is InChI=1S/C19H22O6/c1-4-10-19(23-11-13-8-6-5-7-9-13)15(20)17(21)24-16(19)14-12-22-18(2,3)25-14/h4-9,14,16H,1,10-12H2,2-3H3/t14-,16+,19-/m0/s1. The molecule has 6 heteroatoms. The first-order chi connectivity index (χ1) is 11.9. The summed E-state index contributed by atoms with van der Waals surface area (Å²) in [6, 6.07) is 9.43. The zero-order chi connectivity index (χ0) is 18.1. The van der Waals surface area contributed by atoms with Crippen LogP contribution in [0.5, 0.6) is 0 Å². The van der Waals surface area contributed by atoms with Crippen LogP contribution in [0.3, 0.4) is 0 Å². The fourth-order valence-electron chi connectivity index (χ4n) is 3.22. The molecule has 0 unspecified atom stereocenters. The van der Waals surface area contributed by atoms with E-state index < -0.39 is 35.3 Å². The number of benzene rings is 1. The van der Waals surface area contributed by atoms with Crippen LogP contribution in [-0.4, -0.2) is 42.0 Å². The number of cyclic esters (lactones) is 1. The first-order valence-electron chi connectivity index (χ1n) is 8.24. The van der Waals surface area contributed by atoms with Gasteiger partial charge in [-0.15, -0.1) is 6.58 Å². The van der Waals surface area contributed by atoms with Gasteiger partial charge in [-0.1, -0.05) is 36.4 Å². The number of carbonyl (C=O) groups excluding carboxylic acids is 2. The third-order valence-electron chi connectivity index (χ3n) is 4.42. The van der Waals surface area contributed by atoms with Gasteiger partial charge < -0.3 is 18.9 Å². The van der Waals surface area contributed by atoms with Gasteiger partial charge in [0.2, 0.25) is 0 Å². The molecule has 0 spiro atoms. The number of carbonyl (C=O) groups is 2. The Kier molecular flexibility index (Phi) is 4.77. The van der Waals surface area contributed by atoms with Gasteiger partial charge in [0.25, 0.3) is 5.78 Å². The maximum atomic E-state index is 12.6. The lowest BCUT2D eigenvalue weighted by Gasteiger charge is -2.33. The average molecular weight is 346 g/mol. The highest BCUT2D eigenvalue weighted by Crippen LogP contribution is 2.39. The van der Waals surface area contributed by atoms with Crippen molar-refractivity contribution in [3.8, 4) is 0 Å². The molecule has 0 saturated carbocycles. The predicted octanol–water partition coefficient (Wildman–Crippen LogP) is 2.16. The number of Topliss-reactive ketones (excluding diaryl/α,β-unsaturated/α-hetero) is 1. The van der Waals surface area contributed by atoms with Crippen LogP contribution >= 0.6 is 0 Å².